The lowest BCUT2D eigenvalue weighted by molar-refractivity contribution is -0.115. The molecule has 1 saturated heterocycles. The zero-order valence-corrected chi connectivity index (χ0v) is 18.5. The Morgan fingerprint density at radius 3 is 2.62 bits per heavy atom. The van der Waals surface area contributed by atoms with Crippen molar-refractivity contribution in [2.45, 2.75) is 6.61 Å². The molecule has 8 heteroatoms. The molecule has 1 fully saturated rings. The monoisotopic (exact) mass is 468 g/mol. The van der Waals surface area contributed by atoms with Gasteiger partial charge in [0.1, 0.15) is 12.4 Å². The molecule has 4 rings (SSSR count). The minimum absolute atomic E-state index is 0.000751. The highest BCUT2D eigenvalue weighted by Gasteiger charge is 2.24. The number of benzene rings is 3. The maximum absolute atomic E-state index is 13.9. The fourth-order valence-electron chi connectivity index (χ4n) is 2.98. The summed E-state index contributed by atoms with van der Waals surface area (Å²) >= 11 is 7.65. The molecule has 3 aromatic rings. The number of amides is 1. The summed E-state index contributed by atoms with van der Waals surface area (Å²) in [5.74, 6) is 0.0672. The van der Waals surface area contributed by atoms with E-state index in [-0.39, 0.29) is 23.4 Å². The maximum Gasteiger partial charge on any atom is 0.264 e. The van der Waals surface area contributed by atoms with Crippen molar-refractivity contribution in [3.8, 4) is 11.5 Å². The number of thioether (sulfide) groups is 1. The Morgan fingerprint density at radius 2 is 1.88 bits per heavy atom. The van der Waals surface area contributed by atoms with Crippen LogP contribution in [0.1, 0.15) is 11.1 Å². The van der Waals surface area contributed by atoms with Gasteiger partial charge in [0.2, 0.25) is 0 Å². The largest absolute Gasteiger partial charge is 0.493 e. The summed E-state index contributed by atoms with van der Waals surface area (Å²) in [6.45, 7) is 0.000751. The molecule has 32 heavy (non-hydrogen) atoms. The van der Waals surface area contributed by atoms with Gasteiger partial charge in [0.15, 0.2) is 16.7 Å². The molecule has 0 aromatic heterocycles. The van der Waals surface area contributed by atoms with Crippen LogP contribution in [0.2, 0.25) is 5.02 Å². The van der Waals surface area contributed by atoms with Gasteiger partial charge in [0.25, 0.3) is 5.91 Å². The average Bonchev–Trinajstić information content (AvgIpc) is 3.12. The van der Waals surface area contributed by atoms with Crippen molar-refractivity contribution in [2.75, 3.05) is 7.11 Å². The fraction of sp³-hybridized carbons (Fsp3) is 0.0833. The zero-order valence-electron chi connectivity index (χ0n) is 17.0. The third kappa shape index (κ3) is 5.12. The Hall–Kier alpha value is -3.29. The molecule has 1 N–H and O–H groups in total. The number of halogens is 2. The highest BCUT2D eigenvalue weighted by atomic mass is 35.5. The second-order valence-corrected chi connectivity index (χ2v) is 8.17. The number of hydrogen-bond acceptors (Lipinski definition) is 5. The second kappa shape index (κ2) is 9.89. The van der Waals surface area contributed by atoms with Crippen LogP contribution in [-0.2, 0) is 11.4 Å². The van der Waals surface area contributed by atoms with E-state index in [4.69, 9.17) is 21.1 Å². The number of carbonyl (C=O) groups is 1. The number of hydrogen-bond donors (Lipinski definition) is 1. The topological polar surface area (TPSA) is 59.9 Å². The Kier molecular flexibility index (Phi) is 6.78. The summed E-state index contributed by atoms with van der Waals surface area (Å²) in [4.78, 5) is 17.3. The first kappa shape index (κ1) is 21.9. The Bertz CT molecular complexity index is 1220. The smallest absolute Gasteiger partial charge is 0.264 e. The molecule has 0 atom stereocenters. The van der Waals surface area contributed by atoms with Crippen LogP contribution in [0, 0.1) is 5.82 Å². The standard InChI is InChI=1S/C24H18ClFN2O3S/c1-30-20-12-15(11-18(25)22(20)31-14-16-7-5-6-10-19(16)26)13-21-23(29)28-24(32-21)27-17-8-3-2-4-9-17/h2-13H,14H2,1H3,(H,27,28,29)/b21-13-. The third-order valence-corrected chi connectivity index (χ3v) is 5.71. The lowest BCUT2D eigenvalue weighted by Gasteiger charge is -2.14. The van der Waals surface area contributed by atoms with Gasteiger partial charge >= 0.3 is 0 Å². The van der Waals surface area contributed by atoms with E-state index in [1.165, 1.54) is 24.9 Å². The van der Waals surface area contributed by atoms with E-state index in [1.807, 2.05) is 30.3 Å². The summed E-state index contributed by atoms with van der Waals surface area (Å²) in [5, 5.41) is 3.53. The predicted octanol–water partition coefficient (Wildman–Crippen LogP) is 5.96. The highest BCUT2D eigenvalue weighted by molar-refractivity contribution is 8.18. The summed E-state index contributed by atoms with van der Waals surface area (Å²) in [6, 6.07) is 19.1. The van der Waals surface area contributed by atoms with Gasteiger partial charge in [-0.05, 0) is 53.7 Å². The number of nitrogens with zero attached hydrogens (tertiary/aromatic N) is 1. The Morgan fingerprint density at radius 1 is 1.12 bits per heavy atom. The normalized spacial score (nSPS) is 15.8. The van der Waals surface area contributed by atoms with Crippen LogP contribution in [-0.4, -0.2) is 18.2 Å². The van der Waals surface area contributed by atoms with Crippen molar-refractivity contribution in [1.29, 1.82) is 0 Å². The Balaban J connectivity index is 1.55. The predicted molar refractivity (Wildman–Crippen MR) is 126 cm³/mol. The number of nitrogens with one attached hydrogen (secondary N) is 1. The van der Waals surface area contributed by atoms with Gasteiger partial charge in [-0.15, -0.1) is 0 Å². The number of rotatable bonds is 6. The quantitative estimate of drug-likeness (QED) is 0.453. The molecule has 1 aliphatic rings. The number of para-hydroxylation sites is 1. The molecule has 5 nitrogen and oxygen atoms in total. The summed E-state index contributed by atoms with van der Waals surface area (Å²) < 4.78 is 25.0. The van der Waals surface area contributed by atoms with Gasteiger partial charge in [-0.2, -0.15) is 0 Å². The van der Waals surface area contributed by atoms with E-state index in [9.17, 15) is 9.18 Å². The van der Waals surface area contributed by atoms with Crippen LogP contribution in [0.25, 0.3) is 6.08 Å². The first-order valence-electron chi connectivity index (χ1n) is 9.62. The van der Waals surface area contributed by atoms with E-state index in [1.54, 1.807) is 36.4 Å². The molecule has 1 aliphatic heterocycles. The van der Waals surface area contributed by atoms with E-state index >= 15 is 0 Å². The van der Waals surface area contributed by atoms with Gasteiger partial charge in [0.05, 0.1) is 22.7 Å². The number of carbonyl (C=O) groups excluding carboxylic acids is 1. The van der Waals surface area contributed by atoms with Crippen LogP contribution < -0.4 is 14.8 Å². The zero-order chi connectivity index (χ0) is 22.5. The molecule has 162 valence electrons. The molecular weight excluding hydrogens is 451 g/mol. The third-order valence-electron chi connectivity index (χ3n) is 4.52. The van der Waals surface area contributed by atoms with Crippen LogP contribution in [0.15, 0.2) is 76.6 Å². The molecule has 1 heterocycles. The number of ether oxygens (including phenoxy) is 2. The molecular formula is C24H18ClFN2O3S. The summed E-state index contributed by atoms with van der Waals surface area (Å²) in [6.07, 6.45) is 1.70. The van der Waals surface area contributed by atoms with Crippen molar-refractivity contribution in [3.05, 3.63) is 93.6 Å². The fourth-order valence-corrected chi connectivity index (χ4v) is 4.10. The van der Waals surface area contributed by atoms with Gasteiger partial charge in [0, 0.05) is 5.56 Å². The SMILES string of the molecule is COc1cc(/C=C2\SC(=Nc3ccccc3)NC2=O)cc(Cl)c1OCc1ccccc1F. The minimum Gasteiger partial charge on any atom is -0.493 e. The first-order valence-corrected chi connectivity index (χ1v) is 10.8. The molecule has 1 amide bonds. The van der Waals surface area contributed by atoms with Crippen molar-refractivity contribution >= 4 is 46.2 Å². The summed E-state index contributed by atoms with van der Waals surface area (Å²) in [5.41, 5.74) is 1.81. The van der Waals surface area contributed by atoms with Crippen LogP contribution in [0.4, 0.5) is 10.1 Å². The van der Waals surface area contributed by atoms with E-state index in [0.717, 1.165) is 5.69 Å². The van der Waals surface area contributed by atoms with Crippen LogP contribution in [0.3, 0.4) is 0 Å². The van der Waals surface area contributed by atoms with E-state index < -0.39 is 0 Å². The maximum atomic E-state index is 13.9. The van der Waals surface area contributed by atoms with Crippen molar-refractivity contribution < 1.29 is 18.7 Å². The second-order valence-electron chi connectivity index (χ2n) is 6.73. The minimum atomic E-state index is -0.360. The van der Waals surface area contributed by atoms with Gasteiger partial charge < -0.3 is 14.8 Å². The van der Waals surface area contributed by atoms with Crippen molar-refractivity contribution in [1.82, 2.24) is 5.32 Å². The lowest BCUT2D eigenvalue weighted by Crippen LogP contribution is -2.19. The molecule has 0 radical (unpaired) electrons. The molecule has 0 spiro atoms. The van der Waals surface area contributed by atoms with E-state index in [2.05, 4.69) is 10.3 Å². The first-order chi connectivity index (χ1) is 15.5. The van der Waals surface area contributed by atoms with Gasteiger partial charge in [-0.3, -0.25) is 4.79 Å². The molecule has 0 aliphatic carbocycles. The number of methoxy groups -OCH3 is 1. The lowest BCUT2D eigenvalue weighted by atomic mass is 10.1. The molecule has 0 saturated carbocycles. The molecule has 0 bridgehead atoms. The Labute approximate surface area is 193 Å². The molecule has 0 unspecified atom stereocenters. The van der Waals surface area contributed by atoms with Gasteiger partial charge in [-0.1, -0.05) is 48.0 Å². The van der Waals surface area contributed by atoms with Crippen LogP contribution >= 0.6 is 23.4 Å². The van der Waals surface area contributed by atoms with E-state index in [0.29, 0.717) is 32.7 Å². The number of amidine groups is 1. The van der Waals surface area contributed by atoms with Crippen LogP contribution in [0.5, 0.6) is 11.5 Å². The van der Waals surface area contributed by atoms with Crippen molar-refractivity contribution in [3.63, 3.8) is 0 Å². The average molecular weight is 469 g/mol. The molecule has 3 aromatic carbocycles. The summed E-state index contributed by atoms with van der Waals surface area (Å²) in [7, 11) is 1.49. The van der Waals surface area contributed by atoms with Crippen molar-refractivity contribution in [2.24, 2.45) is 4.99 Å². The number of aliphatic imine (C=N–C) groups is 1. The van der Waals surface area contributed by atoms with Gasteiger partial charge in [-0.25, -0.2) is 9.38 Å². The highest BCUT2D eigenvalue weighted by Crippen LogP contribution is 2.38.